The van der Waals surface area contributed by atoms with E-state index in [9.17, 15) is 18.0 Å². The molecule has 0 unspecified atom stereocenters. The van der Waals surface area contributed by atoms with Gasteiger partial charge >= 0.3 is 0 Å². The number of para-hydroxylation sites is 2. The monoisotopic (exact) mass is 950 g/mol. The van der Waals surface area contributed by atoms with Crippen LogP contribution in [0.15, 0.2) is 112 Å². The molecule has 4 N–H and O–H groups in total. The molecule has 0 aliphatic heterocycles. The van der Waals surface area contributed by atoms with Crippen LogP contribution in [0.4, 0.5) is 16.5 Å². The number of aromatic nitrogens is 6. The standard InChI is InChI=1S/C19H15ClN4OS.C14H12ClN3O3S2.C7H9N.C2H4O2.2CH4/c1-11-5-3-7-13(9-11)22-19-23-17-16(26-19)18(25)24(10-21-17)15-12(2)6-4-8-14(15)20;1-3-23(20,21)14-17-12-11(22-14)13(19)18(7-16-12)10-8(2)5-4-6-9(10)15;1-6-3-2-4-7(8)5-6;1-2(3)4;;/h3-10H,1-2H3,(H,22,23);4-7H,3H2,1-2H3;2-5H,8H2,1H3;1H3,(H,3,4);2*1H4. The molecular weight excluding hydrogens is 904 g/mol. The SMILES string of the molecule is C.C.CC(=O)O.CCS(=O)(=O)c1nc2ncn(-c3c(C)cccc3Cl)c(=O)c2s1.Cc1cccc(N)c1.Cc1cccc(Nc2nc3ncn(-c4c(C)cccc4Cl)c(=O)c3s2)c1. The number of aryl methyl sites for hydroxylation is 4. The Hall–Kier alpha value is -5.98. The number of aliphatic carboxylic acids is 1. The van der Waals surface area contributed by atoms with Crippen LogP contribution < -0.4 is 22.2 Å². The normalized spacial score (nSPS) is 10.5. The summed E-state index contributed by atoms with van der Waals surface area (Å²) >= 11 is 14.6. The minimum absolute atomic E-state index is 0. The number of nitrogens with two attached hydrogens (primary N) is 1. The second-order valence-electron chi connectivity index (χ2n) is 13.3. The van der Waals surface area contributed by atoms with E-state index in [1.54, 1.807) is 18.2 Å². The summed E-state index contributed by atoms with van der Waals surface area (Å²) in [4.78, 5) is 51.5. The molecular formula is C44H48Cl2N8O6S3. The van der Waals surface area contributed by atoms with Gasteiger partial charge in [0.25, 0.3) is 17.1 Å². The minimum atomic E-state index is -3.48. The van der Waals surface area contributed by atoms with Crippen LogP contribution in [0, 0.1) is 27.7 Å². The molecule has 0 aliphatic carbocycles. The number of carboxylic acid groups (broad SMARTS) is 1. The molecule has 4 heterocycles. The van der Waals surface area contributed by atoms with Gasteiger partial charge in [-0.2, -0.15) is 4.98 Å². The lowest BCUT2D eigenvalue weighted by Gasteiger charge is -2.10. The maximum atomic E-state index is 13.0. The van der Waals surface area contributed by atoms with Crippen LogP contribution >= 0.6 is 45.9 Å². The van der Waals surface area contributed by atoms with Crippen molar-refractivity contribution in [1.29, 1.82) is 0 Å². The molecule has 0 radical (unpaired) electrons. The van der Waals surface area contributed by atoms with Crippen LogP contribution in [0.3, 0.4) is 0 Å². The fourth-order valence-corrected chi connectivity index (χ4v) is 9.37. The number of fused-ring (bicyclic) bond motifs is 2. The molecule has 14 nitrogen and oxygen atoms in total. The molecule has 0 bridgehead atoms. The highest BCUT2D eigenvalue weighted by atomic mass is 35.5. The highest BCUT2D eigenvalue weighted by molar-refractivity contribution is 7.93. The van der Waals surface area contributed by atoms with Crippen LogP contribution in [-0.2, 0) is 14.6 Å². The van der Waals surface area contributed by atoms with Gasteiger partial charge in [0, 0.05) is 18.3 Å². The molecule has 63 heavy (non-hydrogen) atoms. The van der Waals surface area contributed by atoms with E-state index < -0.39 is 15.8 Å². The summed E-state index contributed by atoms with van der Waals surface area (Å²) in [6, 6.07) is 26.6. The molecule has 8 rings (SSSR count). The Kier molecular flexibility index (Phi) is 18.3. The predicted molar refractivity (Wildman–Crippen MR) is 260 cm³/mol. The zero-order valence-corrected chi connectivity index (χ0v) is 37.6. The number of sulfone groups is 1. The summed E-state index contributed by atoms with van der Waals surface area (Å²) in [5.74, 6) is -0.912. The van der Waals surface area contributed by atoms with E-state index in [2.05, 4.69) is 25.3 Å². The number of hydrogen-bond acceptors (Lipinski definition) is 13. The maximum Gasteiger partial charge on any atom is 0.300 e. The van der Waals surface area contributed by atoms with Crippen LogP contribution in [0.5, 0.6) is 0 Å². The lowest BCUT2D eigenvalue weighted by Crippen LogP contribution is -2.19. The third-order valence-corrected chi connectivity index (χ3v) is 13.2. The van der Waals surface area contributed by atoms with E-state index in [-0.39, 0.29) is 46.4 Å². The quantitative estimate of drug-likeness (QED) is 0.133. The first kappa shape index (κ1) is 51.4. The molecule has 0 amide bonds. The van der Waals surface area contributed by atoms with E-state index in [1.165, 1.54) is 45.6 Å². The average Bonchev–Trinajstić information content (AvgIpc) is 3.83. The first-order valence-corrected chi connectivity index (χ1v) is 22.3. The number of rotatable bonds is 6. The molecule has 4 aromatic heterocycles. The zero-order chi connectivity index (χ0) is 44.6. The zero-order valence-electron chi connectivity index (χ0n) is 33.7. The smallest absolute Gasteiger partial charge is 0.300 e. The third kappa shape index (κ3) is 12.8. The van der Waals surface area contributed by atoms with Crippen LogP contribution in [-0.4, -0.2) is 54.3 Å². The van der Waals surface area contributed by atoms with Crippen molar-refractivity contribution >= 4 is 98.9 Å². The van der Waals surface area contributed by atoms with E-state index in [1.807, 2.05) is 94.4 Å². The van der Waals surface area contributed by atoms with Gasteiger partial charge in [-0.15, -0.1) is 0 Å². The predicted octanol–water partition coefficient (Wildman–Crippen LogP) is 10.4. The van der Waals surface area contributed by atoms with Crippen molar-refractivity contribution in [3.05, 3.63) is 151 Å². The maximum absolute atomic E-state index is 13.0. The van der Waals surface area contributed by atoms with Crippen LogP contribution in [0.2, 0.25) is 10.0 Å². The topological polar surface area (TPSA) is 205 Å². The number of carboxylic acids is 1. The number of thiazole rings is 2. The van der Waals surface area contributed by atoms with E-state index in [0.29, 0.717) is 36.9 Å². The average molecular weight is 952 g/mol. The molecule has 0 saturated carbocycles. The molecule has 332 valence electrons. The first-order chi connectivity index (χ1) is 28.9. The van der Waals surface area contributed by atoms with Crippen molar-refractivity contribution in [2.45, 2.75) is 60.7 Å². The summed E-state index contributed by atoms with van der Waals surface area (Å²) in [5.41, 5.74) is 12.5. The van der Waals surface area contributed by atoms with Crippen molar-refractivity contribution in [1.82, 2.24) is 29.1 Å². The number of carbonyl (C=O) groups is 1. The van der Waals surface area contributed by atoms with Gasteiger partial charge in [0.1, 0.15) is 22.1 Å². The molecule has 0 spiro atoms. The Morgan fingerprint density at radius 2 is 1.21 bits per heavy atom. The van der Waals surface area contributed by atoms with Crippen LogP contribution in [0.1, 0.15) is 51.0 Å². The van der Waals surface area contributed by atoms with Crippen molar-refractivity contribution in [3.8, 4) is 11.4 Å². The fraction of sp³-hybridized carbons (Fsp3) is 0.205. The summed E-state index contributed by atoms with van der Waals surface area (Å²) in [6.45, 7) is 10.4. The lowest BCUT2D eigenvalue weighted by atomic mass is 10.2. The highest BCUT2D eigenvalue weighted by Crippen LogP contribution is 2.29. The van der Waals surface area contributed by atoms with Crippen molar-refractivity contribution in [3.63, 3.8) is 0 Å². The molecule has 19 heteroatoms. The second kappa shape index (κ2) is 22.4. The van der Waals surface area contributed by atoms with Gasteiger partial charge in [-0.05, 0) is 86.3 Å². The van der Waals surface area contributed by atoms with Gasteiger partial charge in [-0.25, -0.2) is 23.4 Å². The Balaban J connectivity index is 0.000000261. The minimum Gasteiger partial charge on any atom is -0.481 e. The van der Waals surface area contributed by atoms with E-state index in [0.717, 1.165) is 46.3 Å². The number of nitrogens with zero attached hydrogens (tertiary/aromatic N) is 6. The van der Waals surface area contributed by atoms with Gasteiger partial charge in [0.2, 0.25) is 14.2 Å². The molecule has 0 saturated heterocycles. The Morgan fingerprint density at radius 1 is 0.746 bits per heavy atom. The van der Waals surface area contributed by atoms with Crippen molar-refractivity contribution in [2.24, 2.45) is 0 Å². The number of halogens is 2. The number of benzene rings is 4. The first-order valence-electron chi connectivity index (χ1n) is 18.3. The second-order valence-corrected chi connectivity index (χ2v) is 18.5. The van der Waals surface area contributed by atoms with Crippen molar-refractivity contribution < 1.29 is 18.3 Å². The van der Waals surface area contributed by atoms with Crippen LogP contribution in [0.25, 0.3) is 32.1 Å². The van der Waals surface area contributed by atoms with Gasteiger partial charge < -0.3 is 16.2 Å². The van der Waals surface area contributed by atoms with Gasteiger partial charge in [-0.3, -0.25) is 23.5 Å². The van der Waals surface area contributed by atoms with Gasteiger partial charge in [0.15, 0.2) is 16.4 Å². The summed E-state index contributed by atoms with van der Waals surface area (Å²) in [5, 5.41) is 12.2. The molecule has 0 aliphatic rings. The Labute approximate surface area is 383 Å². The largest absolute Gasteiger partial charge is 0.481 e. The summed E-state index contributed by atoms with van der Waals surface area (Å²) in [6.07, 6.45) is 2.80. The molecule has 0 atom stereocenters. The number of nitrogens with one attached hydrogen (secondary N) is 1. The number of hydrogen-bond donors (Lipinski definition) is 3. The van der Waals surface area contributed by atoms with E-state index in [4.69, 9.17) is 38.8 Å². The summed E-state index contributed by atoms with van der Waals surface area (Å²) < 4.78 is 27.3. The molecule has 4 aromatic carbocycles. The lowest BCUT2D eigenvalue weighted by molar-refractivity contribution is -0.134. The highest BCUT2D eigenvalue weighted by Gasteiger charge is 2.21. The third-order valence-electron chi connectivity index (χ3n) is 8.43. The number of nitrogen functional groups attached to an aromatic ring is 1. The van der Waals surface area contributed by atoms with Gasteiger partial charge in [-0.1, -0.05) is 116 Å². The fourth-order valence-electron chi connectivity index (χ4n) is 5.61. The summed E-state index contributed by atoms with van der Waals surface area (Å²) in [7, 11) is -3.48. The number of anilines is 3. The molecule has 8 aromatic rings. The Bertz CT molecular complexity index is 3050. The van der Waals surface area contributed by atoms with Crippen molar-refractivity contribution in [2.75, 3.05) is 16.8 Å². The van der Waals surface area contributed by atoms with Gasteiger partial charge in [0.05, 0.1) is 27.2 Å². The molecule has 0 fully saturated rings. The van der Waals surface area contributed by atoms with E-state index >= 15 is 0 Å². The Morgan fingerprint density at radius 3 is 1.65 bits per heavy atom.